The predicted molar refractivity (Wildman–Crippen MR) is 222 cm³/mol. The fourth-order valence-corrected chi connectivity index (χ4v) is 7.52. The average Bonchev–Trinajstić information content (AvgIpc) is 3.09. The van der Waals surface area contributed by atoms with Crippen molar-refractivity contribution < 1.29 is 4.79 Å². The van der Waals surface area contributed by atoms with Crippen LogP contribution in [-0.2, 0) is 4.79 Å². The van der Waals surface area contributed by atoms with E-state index in [0.29, 0.717) is 11.9 Å². The van der Waals surface area contributed by atoms with Gasteiger partial charge in [0.1, 0.15) is 0 Å². The Labute approximate surface area is 309 Å². The summed E-state index contributed by atoms with van der Waals surface area (Å²) in [6.07, 6.45) is 40.7. The van der Waals surface area contributed by atoms with Crippen LogP contribution < -0.4 is 5.32 Å². The van der Waals surface area contributed by atoms with Crippen LogP contribution in [0.15, 0.2) is 24.3 Å². The second-order valence-corrected chi connectivity index (χ2v) is 15.9. The van der Waals surface area contributed by atoms with E-state index in [1.165, 1.54) is 197 Å². The van der Waals surface area contributed by atoms with Gasteiger partial charge in [-0.2, -0.15) is 0 Å². The molecule has 0 aliphatic rings. The molecular formula is C46H90N2O. The van der Waals surface area contributed by atoms with Crippen LogP contribution in [0, 0.1) is 5.92 Å². The number of nitrogens with zero attached hydrogens (tertiary/aromatic N) is 1. The number of unbranched alkanes of at least 4 members (excludes halogenated alkanes) is 17. The number of amides is 1. The standard InChI is InChI=1S/C46H90N2O/c1-8-11-14-15-24-29-37-46(49)48(41-30-40-47-7)45(35-27-22-18-16-20-25-31-42(4)5)36-28-23-19-17-21-26-32-43(6)38-39-44(33-12-9-2)34-13-10-3/h44-45,47H,4,6,8-41H2,1-3,5,7H3. The summed E-state index contributed by atoms with van der Waals surface area (Å²) in [6, 6.07) is 0.426. The van der Waals surface area contributed by atoms with Crippen LogP contribution in [0.4, 0.5) is 0 Å². The molecule has 0 aromatic carbocycles. The molecule has 1 N–H and O–H groups in total. The summed E-state index contributed by atoms with van der Waals surface area (Å²) in [5.74, 6) is 1.35. The molecule has 0 saturated heterocycles. The molecule has 1 amide bonds. The van der Waals surface area contributed by atoms with Crippen LogP contribution in [0.3, 0.4) is 0 Å². The molecule has 1 unspecified atom stereocenters. The highest BCUT2D eigenvalue weighted by Gasteiger charge is 2.22. The Morgan fingerprint density at radius 2 is 1.00 bits per heavy atom. The lowest BCUT2D eigenvalue weighted by Crippen LogP contribution is -2.41. The highest BCUT2D eigenvalue weighted by molar-refractivity contribution is 5.76. The topological polar surface area (TPSA) is 32.3 Å². The number of carbonyl (C=O) groups excluding carboxylic acids is 1. The molecule has 0 spiro atoms. The molecule has 0 rings (SSSR count). The Bertz CT molecular complexity index is 737. The number of hydrogen-bond donors (Lipinski definition) is 1. The third kappa shape index (κ3) is 31.4. The molecule has 0 saturated carbocycles. The SMILES string of the molecule is C=C(C)CCCCCCCCC(CCCCCCCCC(=C)CCC(CCCC)CCCC)N(CCCNC)C(=O)CCCCCCCC. The van der Waals surface area contributed by atoms with Crippen LogP contribution >= 0.6 is 0 Å². The third-order valence-corrected chi connectivity index (χ3v) is 10.9. The summed E-state index contributed by atoms with van der Waals surface area (Å²) in [5, 5.41) is 3.32. The normalized spacial score (nSPS) is 12.1. The predicted octanol–water partition coefficient (Wildman–Crippen LogP) is 14.7. The number of carbonyl (C=O) groups is 1. The van der Waals surface area contributed by atoms with Crippen molar-refractivity contribution in [3.05, 3.63) is 24.3 Å². The summed E-state index contributed by atoms with van der Waals surface area (Å²) in [7, 11) is 2.03. The van der Waals surface area contributed by atoms with E-state index in [1.807, 2.05) is 7.05 Å². The van der Waals surface area contributed by atoms with E-state index in [0.717, 1.165) is 38.3 Å². The minimum absolute atomic E-state index is 0.426. The van der Waals surface area contributed by atoms with Gasteiger partial charge in [0.15, 0.2) is 0 Å². The van der Waals surface area contributed by atoms with Gasteiger partial charge in [-0.25, -0.2) is 0 Å². The molecule has 0 aromatic rings. The molecule has 0 aliphatic heterocycles. The van der Waals surface area contributed by atoms with Gasteiger partial charge < -0.3 is 10.2 Å². The first-order valence-electron chi connectivity index (χ1n) is 22.1. The first-order chi connectivity index (χ1) is 23.9. The third-order valence-electron chi connectivity index (χ3n) is 10.9. The van der Waals surface area contributed by atoms with Gasteiger partial charge >= 0.3 is 0 Å². The van der Waals surface area contributed by atoms with Crippen molar-refractivity contribution in [1.29, 1.82) is 0 Å². The van der Waals surface area contributed by atoms with E-state index in [2.05, 4.69) is 51.1 Å². The fraction of sp³-hybridized carbons (Fsp3) is 0.891. The highest BCUT2D eigenvalue weighted by Crippen LogP contribution is 2.25. The first-order valence-corrected chi connectivity index (χ1v) is 22.1. The van der Waals surface area contributed by atoms with Crippen molar-refractivity contribution in [1.82, 2.24) is 10.2 Å². The van der Waals surface area contributed by atoms with Crippen LogP contribution in [0.2, 0.25) is 0 Å². The van der Waals surface area contributed by atoms with Crippen molar-refractivity contribution in [2.45, 2.75) is 239 Å². The second kappa shape index (κ2) is 36.7. The lowest BCUT2D eigenvalue weighted by molar-refractivity contribution is -0.134. The zero-order chi connectivity index (χ0) is 36.2. The zero-order valence-corrected chi connectivity index (χ0v) is 34.5. The lowest BCUT2D eigenvalue weighted by Gasteiger charge is -2.33. The van der Waals surface area contributed by atoms with Gasteiger partial charge in [-0.3, -0.25) is 4.79 Å². The molecule has 0 heterocycles. The van der Waals surface area contributed by atoms with Crippen LogP contribution in [0.25, 0.3) is 0 Å². The van der Waals surface area contributed by atoms with Crippen molar-refractivity contribution in [3.63, 3.8) is 0 Å². The summed E-state index contributed by atoms with van der Waals surface area (Å²) in [6.45, 7) is 19.5. The van der Waals surface area contributed by atoms with E-state index in [9.17, 15) is 4.79 Å². The van der Waals surface area contributed by atoms with Crippen LogP contribution in [-0.4, -0.2) is 37.0 Å². The molecular weight excluding hydrogens is 597 g/mol. The maximum absolute atomic E-state index is 13.7. The molecule has 290 valence electrons. The van der Waals surface area contributed by atoms with Gasteiger partial charge in [-0.15, -0.1) is 6.58 Å². The zero-order valence-electron chi connectivity index (χ0n) is 34.5. The van der Waals surface area contributed by atoms with Crippen molar-refractivity contribution in [2.24, 2.45) is 5.92 Å². The largest absolute Gasteiger partial charge is 0.340 e. The molecule has 0 aliphatic carbocycles. The lowest BCUT2D eigenvalue weighted by atomic mass is 9.89. The maximum Gasteiger partial charge on any atom is 0.222 e. The Hall–Kier alpha value is -1.09. The summed E-state index contributed by atoms with van der Waals surface area (Å²) in [4.78, 5) is 16.0. The number of allylic oxidation sites excluding steroid dienone is 2. The van der Waals surface area contributed by atoms with Crippen molar-refractivity contribution in [2.75, 3.05) is 20.1 Å². The molecule has 3 nitrogen and oxygen atoms in total. The highest BCUT2D eigenvalue weighted by atomic mass is 16.2. The Morgan fingerprint density at radius 3 is 1.51 bits per heavy atom. The number of nitrogens with one attached hydrogen (secondary N) is 1. The number of rotatable bonds is 39. The van der Waals surface area contributed by atoms with Gasteiger partial charge in [0.25, 0.3) is 0 Å². The van der Waals surface area contributed by atoms with E-state index in [-0.39, 0.29) is 0 Å². The van der Waals surface area contributed by atoms with Crippen molar-refractivity contribution >= 4 is 5.91 Å². The summed E-state index contributed by atoms with van der Waals surface area (Å²) >= 11 is 0. The Kier molecular flexibility index (Phi) is 35.9. The number of hydrogen-bond acceptors (Lipinski definition) is 2. The minimum Gasteiger partial charge on any atom is -0.340 e. The molecule has 3 heteroatoms. The van der Waals surface area contributed by atoms with Gasteiger partial charge in [-0.1, -0.05) is 173 Å². The van der Waals surface area contributed by atoms with Gasteiger partial charge in [-0.05, 0) is 90.6 Å². The van der Waals surface area contributed by atoms with Crippen molar-refractivity contribution in [3.8, 4) is 0 Å². The molecule has 1 atom stereocenters. The van der Waals surface area contributed by atoms with E-state index in [4.69, 9.17) is 0 Å². The first kappa shape index (κ1) is 47.9. The summed E-state index contributed by atoms with van der Waals surface area (Å²) in [5.41, 5.74) is 2.81. The summed E-state index contributed by atoms with van der Waals surface area (Å²) < 4.78 is 0. The molecule has 49 heavy (non-hydrogen) atoms. The van der Waals surface area contributed by atoms with E-state index < -0.39 is 0 Å². The van der Waals surface area contributed by atoms with E-state index in [1.54, 1.807) is 0 Å². The van der Waals surface area contributed by atoms with Crippen LogP contribution in [0.1, 0.15) is 233 Å². The molecule has 0 bridgehead atoms. The van der Waals surface area contributed by atoms with Gasteiger partial charge in [0.05, 0.1) is 0 Å². The second-order valence-electron chi connectivity index (χ2n) is 15.9. The monoisotopic (exact) mass is 687 g/mol. The fourth-order valence-electron chi connectivity index (χ4n) is 7.52. The molecule has 0 radical (unpaired) electrons. The Balaban J connectivity index is 4.75. The van der Waals surface area contributed by atoms with Gasteiger partial charge in [0, 0.05) is 19.0 Å². The van der Waals surface area contributed by atoms with E-state index >= 15 is 0 Å². The van der Waals surface area contributed by atoms with Crippen LogP contribution in [0.5, 0.6) is 0 Å². The smallest absolute Gasteiger partial charge is 0.222 e. The van der Waals surface area contributed by atoms with Gasteiger partial charge in [0.2, 0.25) is 5.91 Å². The molecule has 0 fully saturated rings. The quantitative estimate of drug-likeness (QED) is 0.0515. The minimum atomic E-state index is 0.426. The maximum atomic E-state index is 13.7. The molecule has 0 aromatic heterocycles. The Morgan fingerprint density at radius 1 is 0.531 bits per heavy atom. The average molecular weight is 687 g/mol.